The van der Waals surface area contributed by atoms with Crippen LogP contribution in [0.2, 0.25) is 0 Å². The van der Waals surface area contributed by atoms with Crippen molar-refractivity contribution in [1.82, 2.24) is 4.90 Å². The summed E-state index contributed by atoms with van der Waals surface area (Å²) in [4.78, 5) is 17.9. The summed E-state index contributed by atoms with van der Waals surface area (Å²) in [5.74, 6) is 0.211. The van der Waals surface area contributed by atoms with E-state index in [0.717, 1.165) is 60.4 Å². The molecule has 37 heavy (non-hydrogen) atoms. The van der Waals surface area contributed by atoms with E-state index in [0.29, 0.717) is 17.7 Å². The highest BCUT2D eigenvalue weighted by Gasteiger charge is 2.42. The Kier molecular flexibility index (Phi) is 5.85. The minimum Gasteiger partial charge on any atom is -0.490 e. The molecular formula is C30H29FN4O2. The Labute approximate surface area is 216 Å². The van der Waals surface area contributed by atoms with Crippen LogP contribution < -0.4 is 15.4 Å². The molecule has 1 amide bonds. The molecule has 2 fully saturated rings. The van der Waals surface area contributed by atoms with Crippen molar-refractivity contribution in [3.63, 3.8) is 0 Å². The summed E-state index contributed by atoms with van der Waals surface area (Å²) in [5.41, 5.74) is 10.9. The average molecular weight is 497 g/mol. The van der Waals surface area contributed by atoms with Crippen molar-refractivity contribution in [2.75, 3.05) is 25.1 Å². The van der Waals surface area contributed by atoms with Gasteiger partial charge in [0.25, 0.3) is 5.91 Å². The second-order valence-electron chi connectivity index (χ2n) is 10.3. The van der Waals surface area contributed by atoms with E-state index in [2.05, 4.69) is 4.90 Å². The molecule has 2 N–H and O–H groups in total. The lowest BCUT2D eigenvalue weighted by Crippen LogP contribution is -2.50. The van der Waals surface area contributed by atoms with E-state index in [1.54, 1.807) is 6.07 Å². The van der Waals surface area contributed by atoms with Gasteiger partial charge in [0.2, 0.25) is 0 Å². The Bertz CT molecular complexity index is 1420. The molecule has 0 saturated carbocycles. The average Bonchev–Trinajstić information content (AvgIpc) is 3.18. The van der Waals surface area contributed by atoms with Crippen molar-refractivity contribution in [1.29, 1.82) is 5.26 Å². The third-order valence-corrected chi connectivity index (χ3v) is 8.04. The fraction of sp³-hybridized carbons (Fsp3) is 0.333. The highest BCUT2D eigenvalue weighted by atomic mass is 19.1. The van der Waals surface area contributed by atoms with Gasteiger partial charge < -0.3 is 20.3 Å². The Hall–Kier alpha value is -3.89. The lowest BCUT2D eigenvalue weighted by Gasteiger charge is -2.38. The highest BCUT2D eigenvalue weighted by molar-refractivity contribution is 5.98. The van der Waals surface area contributed by atoms with Gasteiger partial charge in [-0.3, -0.25) is 4.79 Å². The monoisotopic (exact) mass is 496 g/mol. The number of likely N-dealkylation sites (N-methyl/N-ethyl adjacent to an activating group) is 1. The van der Waals surface area contributed by atoms with Crippen LogP contribution in [-0.4, -0.2) is 49.1 Å². The first-order valence-corrected chi connectivity index (χ1v) is 12.8. The largest absolute Gasteiger partial charge is 0.490 e. The van der Waals surface area contributed by atoms with Crippen molar-refractivity contribution in [3.05, 3.63) is 71.5 Å². The zero-order valence-corrected chi connectivity index (χ0v) is 20.8. The van der Waals surface area contributed by atoms with Crippen molar-refractivity contribution in [2.24, 2.45) is 5.73 Å². The third kappa shape index (κ3) is 4.11. The number of halogens is 1. The normalized spacial score (nSPS) is 22.3. The number of hydrogen-bond donors (Lipinski definition) is 1. The summed E-state index contributed by atoms with van der Waals surface area (Å²) in [6, 6.07) is 18.7. The maximum absolute atomic E-state index is 14.7. The summed E-state index contributed by atoms with van der Waals surface area (Å²) in [7, 11) is 2.03. The fourth-order valence-corrected chi connectivity index (χ4v) is 6.17. The molecule has 3 atom stereocenters. The van der Waals surface area contributed by atoms with Crippen LogP contribution in [0.15, 0.2) is 54.6 Å². The van der Waals surface area contributed by atoms with Crippen molar-refractivity contribution < 1.29 is 13.9 Å². The van der Waals surface area contributed by atoms with E-state index in [1.807, 2.05) is 54.4 Å². The second kappa shape index (κ2) is 9.20. The molecule has 2 saturated heterocycles. The minimum absolute atomic E-state index is 0.00304. The maximum atomic E-state index is 14.7. The number of carbonyl (C=O) groups is 1. The predicted octanol–water partition coefficient (Wildman–Crippen LogP) is 4.95. The van der Waals surface area contributed by atoms with E-state index < -0.39 is 5.82 Å². The summed E-state index contributed by atoms with van der Waals surface area (Å²) < 4.78 is 20.6. The van der Waals surface area contributed by atoms with Crippen LogP contribution in [0.1, 0.15) is 41.6 Å². The predicted molar refractivity (Wildman–Crippen MR) is 141 cm³/mol. The van der Waals surface area contributed by atoms with Crippen LogP contribution in [0, 0.1) is 17.1 Å². The second-order valence-corrected chi connectivity index (χ2v) is 10.3. The van der Waals surface area contributed by atoms with Gasteiger partial charge in [-0.2, -0.15) is 5.26 Å². The van der Waals surface area contributed by atoms with Crippen LogP contribution >= 0.6 is 0 Å². The number of fused-ring (bicyclic) bond motifs is 3. The molecule has 0 aromatic heterocycles. The number of benzene rings is 3. The molecule has 3 aromatic carbocycles. The van der Waals surface area contributed by atoms with Gasteiger partial charge in [0.15, 0.2) is 0 Å². The van der Waals surface area contributed by atoms with Gasteiger partial charge in [-0.15, -0.1) is 0 Å². The SMILES string of the molecule is CN1CCOc2cc(-c3ccc(C(=O)N4[C@@H]5CC[C@H]4C[C@H](N)C5)cc3-c3ccc(C#N)c(F)c3)ccc21. The number of nitrogens with zero attached hydrogens (tertiary/aromatic N) is 3. The number of anilines is 1. The Morgan fingerprint density at radius 2 is 1.76 bits per heavy atom. The topological polar surface area (TPSA) is 82.6 Å². The van der Waals surface area contributed by atoms with Gasteiger partial charge >= 0.3 is 0 Å². The summed E-state index contributed by atoms with van der Waals surface area (Å²) in [6.45, 7) is 1.43. The number of amides is 1. The summed E-state index contributed by atoms with van der Waals surface area (Å²) in [5, 5.41) is 9.21. The molecule has 6 nitrogen and oxygen atoms in total. The Morgan fingerprint density at radius 1 is 1.03 bits per heavy atom. The highest BCUT2D eigenvalue weighted by Crippen LogP contribution is 2.41. The van der Waals surface area contributed by atoms with E-state index in [4.69, 9.17) is 10.5 Å². The van der Waals surface area contributed by atoms with Gasteiger partial charge in [-0.25, -0.2) is 4.39 Å². The smallest absolute Gasteiger partial charge is 0.254 e. The van der Waals surface area contributed by atoms with Gasteiger partial charge in [-0.05, 0) is 84.3 Å². The molecule has 3 aromatic rings. The van der Waals surface area contributed by atoms with Gasteiger partial charge in [-0.1, -0.05) is 18.2 Å². The molecule has 0 spiro atoms. The molecule has 0 radical (unpaired) electrons. The van der Waals surface area contributed by atoms with Crippen LogP contribution in [-0.2, 0) is 0 Å². The Balaban J connectivity index is 1.45. The molecule has 2 bridgehead atoms. The molecule has 188 valence electrons. The van der Waals surface area contributed by atoms with Crippen LogP contribution in [0.5, 0.6) is 5.75 Å². The summed E-state index contributed by atoms with van der Waals surface area (Å²) >= 11 is 0. The molecular weight excluding hydrogens is 467 g/mol. The zero-order valence-electron chi connectivity index (χ0n) is 20.8. The minimum atomic E-state index is -0.582. The first-order chi connectivity index (χ1) is 17.9. The Morgan fingerprint density at radius 3 is 2.49 bits per heavy atom. The van der Waals surface area contributed by atoms with Crippen molar-refractivity contribution in [2.45, 2.75) is 43.8 Å². The third-order valence-electron chi connectivity index (χ3n) is 8.04. The lowest BCUT2D eigenvalue weighted by atomic mass is 9.91. The number of nitriles is 1. The van der Waals surface area contributed by atoms with Crippen LogP contribution in [0.3, 0.4) is 0 Å². The van der Waals surface area contributed by atoms with E-state index in [9.17, 15) is 14.4 Å². The molecule has 3 aliphatic rings. The standard InChI is InChI=1S/C30H29FN4O2/c1-34-10-11-37-29-14-19(5-9-28(29)34)25-8-4-20(12-26(25)18-2-3-21(17-32)27(31)13-18)30(36)35-23-6-7-24(35)16-22(33)15-23/h2-5,8-9,12-14,22-24H,6-7,10-11,15-16,33H2,1H3/t22-,23-,24+. The number of nitrogens with two attached hydrogens (primary N) is 1. The van der Waals surface area contributed by atoms with Crippen molar-refractivity contribution in [3.8, 4) is 34.1 Å². The number of carbonyl (C=O) groups excluding carboxylic acids is 1. The van der Waals surface area contributed by atoms with E-state index >= 15 is 0 Å². The molecule has 6 rings (SSSR count). The summed E-state index contributed by atoms with van der Waals surface area (Å²) in [6.07, 6.45) is 3.63. The first kappa shape index (κ1) is 23.5. The number of hydrogen-bond acceptors (Lipinski definition) is 5. The number of ether oxygens (including phenoxy) is 1. The van der Waals surface area contributed by atoms with Gasteiger partial charge in [0.1, 0.15) is 24.2 Å². The van der Waals surface area contributed by atoms with Crippen LogP contribution in [0.4, 0.5) is 10.1 Å². The molecule has 3 heterocycles. The van der Waals surface area contributed by atoms with Crippen LogP contribution in [0.25, 0.3) is 22.3 Å². The molecule has 7 heteroatoms. The maximum Gasteiger partial charge on any atom is 0.254 e. The number of piperidine rings is 1. The van der Waals surface area contributed by atoms with Crippen molar-refractivity contribution >= 4 is 11.6 Å². The zero-order chi connectivity index (χ0) is 25.7. The quantitative estimate of drug-likeness (QED) is 0.555. The number of rotatable bonds is 3. The molecule has 3 aliphatic heterocycles. The molecule has 0 aliphatic carbocycles. The van der Waals surface area contributed by atoms with E-state index in [-0.39, 0.29) is 29.6 Å². The lowest BCUT2D eigenvalue weighted by molar-refractivity contribution is 0.0575. The van der Waals surface area contributed by atoms with Gasteiger partial charge in [0.05, 0.1) is 17.8 Å². The van der Waals surface area contributed by atoms with Gasteiger partial charge in [0, 0.05) is 30.7 Å². The first-order valence-electron chi connectivity index (χ1n) is 12.8. The molecule has 0 unspecified atom stereocenters. The van der Waals surface area contributed by atoms with E-state index in [1.165, 1.54) is 12.1 Å². The fourth-order valence-electron chi connectivity index (χ4n) is 6.17.